The molecule has 0 amide bonds. The summed E-state index contributed by atoms with van der Waals surface area (Å²) in [5, 5.41) is 11.8. The standard InChI is InChI=1S/C15H20N4O/c1-19-11-16-18-15(19)13-6-2-3-7-14(13)17-12-5-4-9-20-10-8-12/h2-3,6-7,11-12,17H,4-5,8-10H2,1H3. The highest BCUT2D eigenvalue weighted by molar-refractivity contribution is 5.73. The number of ether oxygens (including phenoxy) is 1. The number of rotatable bonds is 3. The predicted molar refractivity (Wildman–Crippen MR) is 78.5 cm³/mol. The Kier molecular flexibility index (Phi) is 3.97. The Labute approximate surface area is 119 Å². The van der Waals surface area contributed by atoms with Gasteiger partial charge in [0.2, 0.25) is 0 Å². The molecule has 1 atom stereocenters. The molecule has 0 radical (unpaired) electrons. The van der Waals surface area contributed by atoms with Crippen molar-refractivity contribution in [2.24, 2.45) is 7.05 Å². The van der Waals surface area contributed by atoms with E-state index in [4.69, 9.17) is 4.74 Å². The average Bonchev–Trinajstić information content (AvgIpc) is 2.73. The second-order valence-corrected chi connectivity index (χ2v) is 5.20. The maximum absolute atomic E-state index is 5.52. The van der Waals surface area contributed by atoms with E-state index in [1.807, 2.05) is 17.7 Å². The fourth-order valence-corrected chi connectivity index (χ4v) is 2.60. The van der Waals surface area contributed by atoms with Crippen LogP contribution in [0, 0.1) is 0 Å². The third-order valence-corrected chi connectivity index (χ3v) is 3.69. The molecule has 1 fully saturated rings. The minimum Gasteiger partial charge on any atom is -0.382 e. The van der Waals surface area contributed by atoms with Crippen LogP contribution in [0.5, 0.6) is 0 Å². The second kappa shape index (κ2) is 6.05. The number of benzene rings is 1. The van der Waals surface area contributed by atoms with E-state index in [0.717, 1.165) is 49.6 Å². The molecule has 0 bridgehead atoms. The van der Waals surface area contributed by atoms with E-state index in [1.165, 1.54) is 0 Å². The largest absolute Gasteiger partial charge is 0.382 e. The van der Waals surface area contributed by atoms with Crippen molar-refractivity contribution in [2.45, 2.75) is 25.3 Å². The maximum Gasteiger partial charge on any atom is 0.165 e. The molecular formula is C15H20N4O. The third-order valence-electron chi connectivity index (χ3n) is 3.69. The first-order chi connectivity index (χ1) is 9.84. The molecule has 106 valence electrons. The van der Waals surface area contributed by atoms with Gasteiger partial charge in [0.05, 0.1) is 0 Å². The van der Waals surface area contributed by atoms with Crippen LogP contribution in [-0.2, 0) is 11.8 Å². The van der Waals surface area contributed by atoms with E-state index >= 15 is 0 Å². The van der Waals surface area contributed by atoms with Crippen LogP contribution >= 0.6 is 0 Å². The maximum atomic E-state index is 5.52. The van der Waals surface area contributed by atoms with Crippen molar-refractivity contribution in [3.8, 4) is 11.4 Å². The van der Waals surface area contributed by atoms with E-state index in [-0.39, 0.29) is 0 Å². The SMILES string of the molecule is Cn1cnnc1-c1ccccc1NC1CCCOCC1. The van der Waals surface area contributed by atoms with Crippen LogP contribution in [0.1, 0.15) is 19.3 Å². The molecule has 1 unspecified atom stereocenters. The lowest BCUT2D eigenvalue weighted by Crippen LogP contribution is -2.20. The Balaban J connectivity index is 1.84. The summed E-state index contributed by atoms with van der Waals surface area (Å²) in [6.45, 7) is 1.72. The molecule has 20 heavy (non-hydrogen) atoms. The Morgan fingerprint density at radius 1 is 1.25 bits per heavy atom. The molecule has 0 spiro atoms. The molecule has 1 N–H and O–H groups in total. The van der Waals surface area contributed by atoms with Crippen LogP contribution in [0.2, 0.25) is 0 Å². The van der Waals surface area contributed by atoms with Gasteiger partial charge >= 0.3 is 0 Å². The summed E-state index contributed by atoms with van der Waals surface area (Å²) in [6, 6.07) is 8.74. The zero-order chi connectivity index (χ0) is 13.8. The summed E-state index contributed by atoms with van der Waals surface area (Å²) in [6.07, 6.45) is 5.04. The first-order valence-corrected chi connectivity index (χ1v) is 7.12. The molecule has 0 saturated carbocycles. The van der Waals surface area contributed by atoms with Crippen molar-refractivity contribution in [3.63, 3.8) is 0 Å². The van der Waals surface area contributed by atoms with Crippen molar-refractivity contribution in [1.29, 1.82) is 0 Å². The lowest BCUT2D eigenvalue weighted by atomic mass is 10.1. The topological polar surface area (TPSA) is 52.0 Å². The van der Waals surface area contributed by atoms with Gasteiger partial charge in [-0.1, -0.05) is 12.1 Å². The molecule has 5 nitrogen and oxygen atoms in total. The van der Waals surface area contributed by atoms with Crippen molar-refractivity contribution in [2.75, 3.05) is 18.5 Å². The summed E-state index contributed by atoms with van der Waals surface area (Å²) in [5.41, 5.74) is 2.22. The molecule has 5 heteroatoms. The number of aryl methyl sites for hydroxylation is 1. The number of nitrogens with one attached hydrogen (secondary N) is 1. The number of hydrogen-bond acceptors (Lipinski definition) is 4. The van der Waals surface area contributed by atoms with Gasteiger partial charge in [-0.05, 0) is 31.4 Å². The van der Waals surface area contributed by atoms with Crippen LogP contribution in [0.25, 0.3) is 11.4 Å². The Hall–Kier alpha value is -1.88. The minimum absolute atomic E-state index is 0.465. The fraction of sp³-hybridized carbons (Fsp3) is 0.467. The normalized spacial score (nSPS) is 19.6. The van der Waals surface area contributed by atoms with E-state index in [9.17, 15) is 0 Å². The fourth-order valence-electron chi connectivity index (χ4n) is 2.60. The number of nitrogens with zero attached hydrogens (tertiary/aromatic N) is 3. The molecule has 1 aromatic carbocycles. The highest BCUT2D eigenvalue weighted by atomic mass is 16.5. The van der Waals surface area contributed by atoms with Crippen molar-refractivity contribution in [3.05, 3.63) is 30.6 Å². The highest BCUT2D eigenvalue weighted by Crippen LogP contribution is 2.27. The van der Waals surface area contributed by atoms with Gasteiger partial charge in [-0.3, -0.25) is 0 Å². The van der Waals surface area contributed by atoms with Gasteiger partial charge in [-0.2, -0.15) is 0 Å². The van der Waals surface area contributed by atoms with Crippen molar-refractivity contribution >= 4 is 5.69 Å². The zero-order valence-electron chi connectivity index (χ0n) is 11.7. The number of aromatic nitrogens is 3. The summed E-state index contributed by atoms with van der Waals surface area (Å²) in [4.78, 5) is 0. The quantitative estimate of drug-likeness (QED) is 0.932. The zero-order valence-corrected chi connectivity index (χ0v) is 11.7. The summed E-state index contributed by atoms with van der Waals surface area (Å²) >= 11 is 0. The van der Waals surface area contributed by atoms with Gasteiger partial charge in [0, 0.05) is 37.6 Å². The van der Waals surface area contributed by atoms with E-state index in [2.05, 4.69) is 33.7 Å². The van der Waals surface area contributed by atoms with E-state index in [0.29, 0.717) is 6.04 Å². The van der Waals surface area contributed by atoms with E-state index < -0.39 is 0 Å². The van der Waals surface area contributed by atoms with Gasteiger partial charge in [0.1, 0.15) is 6.33 Å². The van der Waals surface area contributed by atoms with Gasteiger partial charge in [-0.25, -0.2) is 0 Å². The number of hydrogen-bond donors (Lipinski definition) is 1. The molecule has 2 heterocycles. The summed E-state index contributed by atoms with van der Waals surface area (Å²) < 4.78 is 7.46. The van der Waals surface area contributed by atoms with Gasteiger partial charge in [0.25, 0.3) is 0 Å². The van der Waals surface area contributed by atoms with Crippen molar-refractivity contribution < 1.29 is 4.74 Å². The molecule has 1 aliphatic rings. The Morgan fingerprint density at radius 3 is 3.00 bits per heavy atom. The van der Waals surface area contributed by atoms with Gasteiger partial charge in [-0.15, -0.1) is 10.2 Å². The monoisotopic (exact) mass is 272 g/mol. The predicted octanol–water partition coefficient (Wildman–Crippen LogP) is 2.46. The van der Waals surface area contributed by atoms with Gasteiger partial charge < -0.3 is 14.6 Å². The Morgan fingerprint density at radius 2 is 2.15 bits per heavy atom. The lowest BCUT2D eigenvalue weighted by Gasteiger charge is -2.19. The molecule has 1 aromatic heterocycles. The second-order valence-electron chi connectivity index (χ2n) is 5.20. The third kappa shape index (κ3) is 2.82. The Bertz CT molecular complexity index is 559. The van der Waals surface area contributed by atoms with Crippen LogP contribution < -0.4 is 5.32 Å². The number of para-hydroxylation sites is 1. The minimum atomic E-state index is 0.465. The van der Waals surface area contributed by atoms with Crippen LogP contribution in [0.3, 0.4) is 0 Å². The number of anilines is 1. The smallest absolute Gasteiger partial charge is 0.165 e. The molecule has 0 aliphatic carbocycles. The molecule has 1 saturated heterocycles. The van der Waals surface area contributed by atoms with E-state index in [1.54, 1.807) is 6.33 Å². The van der Waals surface area contributed by atoms with Gasteiger partial charge in [0.15, 0.2) is 5.82 Å². The molecular weight excluding hydrogens is 252 g/mol. The van der Waals surface area contributed by atoms with Crippen LogP contribution in [0.4, 0.5) is 5.69 Å². The van der Waals surface area contributed by atoms with Crippen LogP contribution in [0.15, 0.2) is 30.6 Å². The van der Waals surface area contributed by atoms with Crippen LogP contribution in [-0.4, -0.2) is 34.0 Å². The average molecular weight is 272 g/mol. The first-order valence-electron chi connectivity index (χ1n) is 7.12. The molecule has 3 rings (SSSR count). The lowest BCUT2D eigenvalue weighted by molar-refractivity contribution is 0.144. The van der Waals surface area contributed by atoms with Crippen molar-refractivity contribution in [1.82, 2.24) is 14.8 Å². The molecule has 2 aromatic rings. The first kappa shape index (κ1) is 13.1. The highest BCUT2D eigenvalue weighted by Gasteiger charge is 2.15. The molecule has 1 aliphatic heterocycles. The summed E-state index contributed by atoms with van der Waals surface area (Å²) in [7, 11) is 1.96. The summed E-state index contributed by atoms with van der Waals surface area (Å²) in [5.74, 6) is 0.887.